The van der Waals surface area contributed by atoms with Crippen LogP contribution in [0.2, 0.25) is 0 Å². The van der Waals surface area contributed by atoms with Crippen LogP contribution in [0.4, 0.5) is 0 Å². The molecule has 0 amide bonds. The van der Waals surface area contributed by atoms with Gasteiger partial charge in [0.2, 0.25) is 0 Å². The molecule has 0 aromatic heterocycles. The Morgan fingerprint density at radius 3 is 1.82 bits per heavy atom. The molecule has 0 unspecified atom stereocenters. The van der Waals surface area contributed by atoms with Crippen molar-refractivity contribution in [3.05, 3.63) is 23.7 Å². The van der Waals surface area contributed by atoms with E-state index in [4.69, 9.17) is 18.9 Å². The van der Waals surface area contributed by atoms with Crippen molar-refractivity contribution in [2.45, 2.75) is 25.7 Å². The molecule has 0 bridgehead atoms. The van der Waals surface area contributed by atoms with Gasteiger partial charge in [0.15, 0.2) is 17.3 Å². The molecule has 0 radical (unpaired) electrons. The zero-order valence-electron chi connectivity index (χ0n) is 10.8. The highest BCUT2D eigenvalue weighted by atomic mass is 16.7. The maximum absolute atomic E-state index is 11.5. The molecule has 0 aromatic carbocycles. The molecular formula is C12H18O5. The van der Waals surface area contributed by atoms with Gasteiger partial charge in [0.05, 0.1) is 20.3 Å². The van der Waals surface area contributed by atoms with Crippen LogP contribution >= 0.6 is 0 Å². The number of carbonyl (C=O) groups excluding carboxylic acids is 1. The molecule has 17 heavy (non-hydrogen) atoms. The van der Waals surface area contributed by atoms with Crippen LogP contribution in [0, 0.1) is 0 Å². The van der Waals surface area contributed by atoms with Crippen LogP contribution in [-0.4, -0.2) is 39.0 Å². The summed E-state index contributed by atoms with van der Waals surface area (Å²) in [5.41, 5.74) is 0. The van der Waals surface area contributed by atoms with Gasteiger partial charge in [-0.25, -0.2) is 0 Å². The van der Waals surface area contributed by atoms with Crippen molar-refractivity contribution in [1.82, 2.24) is 0 Å². The van der Waals surface area contributed by atoms with E-state index >= 15 is 0 Å². The van der Waals surface area contributed by atoms with Gasteiger partial charge in [-0.3, -0.25) is 4.79 Å². The van der Waals surface area contributed by atoms with Crippen molar-refractivity contribution in [1.29, 1.82) is 0 Å². The lowest BCUT2D eigenvalue weighted by Crippen LogP contribution is -2.44. The summed E-state index contributed by atoms with van der Waals surface area (Å²) >= 11 is 0. The van der Waals surface area contributed by atoms with Crippen molar-refractivity contribution < 1.29 is 23.7 Å². The average Bonchev–Trinajstić information content (AvgIpc) is 2.29. The maximum Gasteiger partial charge on any atom is 0.288 e. The first-order chi connectivity index (χ1) is 8.00. The summed E-state index contributed by atoms with van der Waals surface area (Å²) in [6.07, 6.45) is 2.53. The van der Waals surface area contributed by atoms with Gasteiger partial charge in [-0.05, 0) is 13.8 Å². The average molecular weight is 242 g/mol. The Balaban J connectivity index is 3.23. The second-order valence-corrected chi connectivity index (χ2v) is 3.82. The van der Waals surface area contributed by atoms with Crippen LogP contribution in [0.25, 0.3) is 0 Å². The Bertz CT molecular complexity index is 330. The van der Waals surface area contributed by atoms with Crippen LogP contribution in [0.1, 0.15) is 13.8 Å². The zero-order chi connectivity index (χ0) is 13.1. The van der Waals surface area contributed by atoms with Gasteiger partial charge in [0.1, 0.15) is 0 Å². The first-order valence-electron chi connectivity index (χ1n) is 5.29. The Morgan fingerprint density at radius 1 is 1.06 bits per heavy atom. The summed E-state index contributed by atoms with van der Waals surface area (Å²) in [6.45, 7) is 3.72. The molecule has 1 aliphatic carbocycles. The van der Waals surface area contributed by atoms with Gasteiger partial charge in [-0.2, -0.15) is 0 Å². The van der Waals surface area contributed by atoms with E-state index in [0.717, 1.165) is 0 Å². The van der Waals surface area contributed by atoms with Crippen molar-refractivity contribution in [2.75, 3.05) is 21.3 Å². The van der Waals surface area contributed by atoms with Crippen LogP contribution in [0.15, 0.2) is 23.7 Å². The number of ketones is 1. The summed E-state index contributed by atoms with van der Waals surface area (Å²) in [7, 11) is 4.38. The van der Waals surface area contributed by atoms with Gasteiger partial charge in [0.25, 0.3) is 5.79 Å². The molecule has 0 saturated heterocycles. The fraction of sp³-hybridized carbons (Fsp3) is 0.583. The Morgan fingerprint density at radius 2 is 1.53 bits per heavy atom. The fourth-order valence-corrected chi connectivity index (χ4v) is 1.70. The molecule has 5 nitrogen and oxygen atoms in total. The monoisotopic (exact) mass is 242 g/mol. The number of allylic oxidation sites excluding steroid dienone is 2. The van der Waals surface area contributed by atoms with Gasteiger partial charge < -0.3 is 18.9 Å². The molecule has 0 heterocycles. The normalized spacial score (nSPS) is 18.8. The number of methoxy groups -OCH3 is 3. The number of rotatable bonds is 5. The predicted octanol–water partition coefficient (Wildman–Crippen LogP) is 1.40. The lowest BCUT2D eigenvalue weighted by Gasteiger charge is -2.36. The van der Waals surface area contributed by atoms with E-state index in [9.17, 15) is 4.79 Å². The van der Waals surface area contributed by atoms with Crippen LogP contribution < -0.4 is 0 Å². The molecule has 1 aliphatic rings. The van der Waals surface area contributed by atoms with E-state index in [0.29, 0.717) is 0 Å². The van der Waals surface area contributed by atoms with Crippen LogP contribution in [0.5, 0.6) is 0 Å². The van der Waals surface area contributed by atoms with E-state index < -0.39 is 5.79 Å². The van der Waals surface area contributed by atoms with Crippen molar-refractivity contribution in [3.63, 3.8) is 0 Å². The van der Waals surface area contributed by atoms with Crippen molar-refractivity contribution >= 4 is 5.78 Å². The molecule has 0 spiro atoms. The molecular weight excluding hydrogens is 224 g/mol. The summed E-state index contributed by atoms with van der Waals surface area (Å²) in [6, 6.07) is 0. The second kappa shape index (κ2) is 5.33. The Hall–Kier alpha value is -1.33. The van der Waals surface area contributed by atoms with Crippen LogP contribution in [0.3, 0.4) is 0 Å². The van der Waals surface area contributed by atoms with Crippen molar-refractivity contribution in [2.24, 2.45) is 0 Å². The second-order valence-electron chi connectivity index (χ2n) is 3.82. The van der Waals surface area contributed by atoms with E-state index in [-0.39, 0.29) is 23.4 Å². The maximum atomic E-state index is 11.5. The number of carbonyl (C=O) groups is 1. The quantitative estimate of drug-likeness (QED) is 0.682. The first kappa shape index (κ1) is 13.7. The molecule has 0 aromatic rings. The van der Waals surface area contributed by atoms with Gasteiger partial charge in [-0.15, -0.1) is 0 Å². The zero-order valence-corrected chi connectivity index (χ0v) is 10.8. The molecule has 0 N–H and O–H groups in total. The third-order valence-electron chi connectivity index (χ3n) is 2.32. The third kappa shape index (κ3) is 2.50. The lowest BCUT2D eigenvalue weighted by molar-refractivity contribution is -0.228. The molecule has 0 saturated carbocycles. The number of ether oxygens (including phenoxy) is 4. The molecule has 0 fully saturated rings. The molecule has 5 heteroatoms. The molecule has 1 rings (SSSR count). The van der Waals surface area contributed by atoms with Crippen molar-refractivity contribution in [3.8, 4) is 0 Å². The number of hydrogen-bond acceptors (Lipinski definition) is 5. The van der Waals surface area contributed by atoms with Gasteiger partial charge >= 0.3 is 0 Å². The smallest absolute Gasteiger partial charge is 0.288 e. The fourth-order valence-electron chi connectivity index (χ4n) is 1.70. The predicted molar refractivity (Wildman–Crippen MR) is 61.2 cm³/mol. The summed E-state index contributed by atoms with van der Waals surface area (Å²) in [4.78, 5) is 11.5. The summed E-state index contributed by atoms with van der Waals surface area (Å²) in [5.74, 6) is -0.958. The van der Waals surface area contributed by atoms with E-state index in [1.807, 2.05) is 13.8 Å². The highest BCUT2D eigenvalue weighted by Gasteiger charge is 2.46. The Labute approximate surface area is 101 Å². The minimum absolute atomic E-state index is 0.125. The highest BCUT2D eigenvalue weighted by Crippen LogP contribution is 2.35. The third-order valence-corrected chi connectivity index (χ3v) is 2.32. The van der Waals surface area contributed by atoms with Gasteiger partial charge in [-0.1, -0.05) is 0 Å². The summed E-state index contributed by atoms with van der Waals surface area (Å²) < 4.78 is 21.4. The molecule has 96 valence electrons. The van der Waals surface area contributed by atoms with E-state index in [2.05, 4.69) is 0 Å². The lowest BCUT2D eigenvalue weighted by atomic mass is 10.0. The summed E-state index contributed by atoms with van der Waals surface area (Å²) in [5, 5.41) is 0. The number of hydrogen-bond donors (Lipinski definition) is 0. The SMILES string of the molecule is COC1=CC(=O)C=C(OC)C1(OC)OC(C)C. The van der Waals surface area contributed by atoms with E-state index in [1.165, 1.54) is 33.5 Å². The van der Waals surface area contributed by atoms with Gasteiger partial charge in [0, 0.05) is 19.3 Å². The minimum atomic E-state index is -1.29. The van der Waals surface area contributed by atoms with Crippen LogP contribution in [-0.2, 0) is 23.7 Å². The van der Waals surface area contributed by atoms with E-state index in [1.54, 1.807) is 0 Å². The largest absolute Gasteiger partial charge is 0.495 e. The minimum Gasteiger partial charge on any atom is -0.495 e. The highest BCUT2D eigenvalue weighted by molar-refractivity contribution is 6.01. The topological polar surface area (TPSA) is 54.0 Å². The molecule has 0 aliphatic heterocycles. The molecule has 0 atom stereocenters. The standard InChI is InChI=1S/C12H18O5/c1-8(2)17-12(16-5)10(14-3)6-9(13)7-11(12)15-4/h6-8H,1-5H3. The Kier molecular flexibility index (Phi) is 4.31. The first-order valence-corrected chi connectivity index (χ1v) is 5.29.